The number of rotatable bonds is 2. The summed E-state index contributed by atoms with van der Waals surface area (Å²) in [6.45, 7) is -0.386. The van der Waals surface area contributed by atoms with Gasteiger partial charge in [-0.05, 0) is 22.0 Å². The zero-order valence-electron chi connectivity index (χ0n) is 7.86. The van der Waals surface area contributed by atoms with E-state index in [2.05, 4.69) is 26.1 Å². The monoisotopic (exact) mass is 289 g/mol. The van der Waals surface area contributed by atoms with Crippen LogP contribution in [0.5, 0.6) is 0 Å². The van der Waals surface area contributed by atoms with Gasteiger partial charge in [-0.3, -0.25) is 4.57 Å². The molecule has 0 saturated heterocycles. The summed E-state index contributed by atoms with van der Waals surface area (Å²) in [5.41, 5.74) is 0.0652. The summed E-state index contributed by atoms with van der Waals surface area (Å²) < 4.78 is 27.9. The van der Waals surface area contributed by atoms with E-state index in [9.17, 15) is 8.78 Å². The number of aliphatic hydroxyl groups excluding tert-OH is 1. The zero-order valence-corrected chi connectivity index (χ0v) is 9.45. The van der Waals surface area contributed by atoms with E-state index < -0.39 is 11.6 Å². The highest BCUT2D eigenvalue weighted by molar-refractivity contribution is 9.10. The van der Waals surface area contributed by atoms with Crippen LogP contribution in [0.25, 0.3) is 5.69 Å². The number of benzene rings is 1. The van der Waals surface area contributed by atoms with Crippen molar-refractivity contribution in [3.8, 4) is 5.69 Å². The van der Waals surface area contributed by atoms with Crippen LogP contribution in [0.2, 0.25) is 0 Å². The second kappa shape index (κ2) is 4.26. The minimum absolute atomic E-state index is 0.0652. The van der Waals surface area contributed by atoms with Crippen LogP contribution < -0.4 is 0 Å². The second-order valence-electron chi connectivity index (χ2n) is 2.99. The van der Waals surface area contributed by atoms with E-state index in [1.54, 1.807) is 0 Å². The molecule has 0 amide bonds. The first-order valence-corrected chi connectivity index (χ1v) is 5.07. The second-order valence-corrected chi connectivity index (χ2v) is 3.85. The van der Waals surface area contributed by atoms with Crippen molar-refractivity contribution in [3.05, 3.63) is 40.4 Å². The van der Waals surface area contributed by atoms with Crippen LogP contribution in [-0.2, 0) is 6.61 Å². The van der Waals surface area contributed by atoms with Crippen molar-refractivity contribution in [1.29, 1.82) is 0 Å². The van der Waals surface area contributed by atoms with Gasteiger partial charge in [0.1, 0.15) is 18.8 Å². The summed E-state index contributed by atoms with van der Waals surface area (Å²) in [6, 6.07) is 1.88. The normalized spacial score (nSPS) is 10.8. The maximum absolute atomic E-state index is 13.6. The van der Waals surface area contributed by atoms with Crippen LogP contribution in [0.3, 0.4) is 0 Å². The van der Waals surface area contributed by atoms with E-state index in [-0.39, 0.29) is 22.6 Å². The Bertz CT molecular complexity index is 506. The number of halogens is 3. The Morgan fingerprint density at radius 3 is 2.75 bits per heavy atom. The number of hydrogen-bond donors (Lipinski definition) is 1. The molecule has 0 spiro atoms. The fraction of sp³-hybridized carbons (Fsp3) is 0.111. The summed E-state index contributed by atoms with van der Waals surface area (Å²) in [5.74, 6) is -1.28. The van der Waals surface area contributed by atoms with Crippen LogP contribution in [-0.4, -0.2) is 19.9 Å². The SMILES string of the molecule is OCc1nncn1-c1c(F)cc(F)cc1Br. The molecule has 0 unspecified atom stereocenters. The van der Waals surface area contributed by atoms with Crippen LogP contribution in [0.15, 0.2) is 22.9 Å². The molecular formula is C9H6BrF2N3O. The third-order valence-corrected chi connectivity index (χ3v) is 2.59. The summed E-state index contributed by atoms with van der Waals surface area (Å²) in [5, 5.41) is 16.1. The largest absolute Gasteiger partial charge is 0.388 e. The smallest absolute Gasteiger partial charge is 0.163 e. The average Bonchev–Trinajstić information content (AvgIpc) is 2.64. The topological polar surface area (TPSA) is 50.9 Å². The Morgan fingerprint density at radius 1 is 1.38 bits per heavy atom. The van der Waals surface area contributed by atoms with Crippen molar-refractivity contribution in [2.75, 3.05) is 0 Å². The van der Waals surface area contributed by atoms with Gasteiger partial charge in [0, 0.05) is 10.5 Å². The highest BCUT2D eigenvalue weighted by Crippen LogP contribution is 2.26. The van der Waals surface area contributed by atoms with E-state index >= 15 is 0 Å². The number of aliphatic hydroxyl groups is 1. The molecule has 1 aromatic carbocycles. The maximum atomic E-state index is 13.6. The van der Waals surface area contributed by atoms with Crippen molar-refractivity contribution >= 4 is 15.9 Å². The van der Waals surface area contributed by atoms with Crippen molar-refractivity contribution < 1.29 is 13.9 Å². The van der Waals surface area contributed by atoms with Gasteiger partial charge >= 0.3 is 0 Å². The fourth-order valence-electron chi connectivity index (χ4n) is 1.32. The molecule has 1 N–H and O–H groups in total. The molecule has 7 heteroatoms. The fourth-order valence-corrected chi connectivity index (χ4v) is 1.92. The van der Waals surface area contributed by atoms with Gasteiger partial charge < -0.3 is 5.11 Å². The highest BCUT2D eigenvalue weighted by atomic mass is 79.9. The van der Waals surface area contributed by atoms with Crippen LogP contribution >= 0.6 is 15.9 Å². The first-order valence-electron chi connectivity index (χ1n) is 4.28. The lowest BCUT2D eigenvalue weighted by molar-refractivity contribution is 0.268. The Kier molecular flexibility index (Phi) is 2.97. The maximum Gasteiger partial charge on any atom is 0.163 e. The molecule has 0 aliphatic rings. The Balaban J connectivity index is 2.64. The summed E-state index contributed by atoms with van der Waals surface area (Å²) in [4.78, 5) is 0. The van der Waals surface area contributed by atoms with Gasteiger partial charge in [-0.2, -0.15) is 0 Å². The molecule has 0 aliphatic heterocycles. The van der Waals surface area contributed by atoms with E-state index in [1.807, 2.05) is 0 Å². The van der Waals surface area contributed by atoms with Crippen molar-refractivity contribution in [2.45, 2.75) is 6.61 Å². The first-order chi connectivity index (χ1) is 7.63. The van der Waals surface area contributed by atoms with Crippen LogP contribution in [0.1, 0.15) is 5.82 Å². The number of hydrogen-bond acceptors (Lipinski definition) is 3. The summed E-state index contributed by atoms with van der Waals surface area (Å²) in [6.07, 6.45) is 1.24. The Hall–Kier alpha value is -1.34. The molecule has 2 aromatic rings. The van der Waals surface area contributed by atoms with Gasteiger partial charge in [0.2, 0.25) is 0 Å². The van der Waals surface area contributed by atoms with E-state index in [4.69, 9.17) is 5.11 Å². The van der Waals surface area contributed by atoms with Gasteiger partial charge in [0.25, 0.3) is 0 Å². The van der Waals surface area contributed by atoms with Gasteiger partial charge in [0.15, 0.2) is 11.6 Å². The van der Waals surface area contributed by atoms with Gasteiger partial charge in [0.05, 0.1) is 5.69 Å². The standard InChI is InChI=1S/C9H6BrF2N3O/c10-6-1-5(11)2-7(12)9(6)15-4-13-14-8(15)3-16/h1-2,4,16H,3H2. The van der Waals surface area contributed by atoms with Gasteiger partial charge in [-0.15, -0.1) is 10.2 Å². The lowest BCUT2D eigenvalue weighted by Crippen LogP contribution is -2.04. The van der Waals surface area contributed by atoms with Gasteiger partial charge in [-0.25, -0.2) is 8.78 Å². The lowest BCUT2D eigenvalue weighted by atomic mass is 10.3. The van der Waals surface area contributed by atoms with Crippen molar-refractivity contribution in [2.24, 2.45) is 0 Å². The molecule has 0 atom stereocenters. The number of aromatic nitrogens is 3. The van der Waals surface area contributed by atoms with E-state index in [1.165, 1.54) is 10.9 Å². The predicted molar refractivity (Wildman–Crippen MR) is 54.9 cm³/mol. The molecule has 4 nitrogen and oxygen atoms in total. The van der Waals surface area contributed by atoms with Crippen LogP contribution in [0.4, 0.5) is 8.78 Å². The molecule has 2 rings (SSSR count). The minimum Gasteiger partial charge on any atom is -0.388 e. The zero-order chi connectivity index (χ0) is 11.7. The quantitative estimate of drug-likeness (QED) is 0.917. The molecule has 1 heterocycles. The van der Waals surface area contributed by atoms with Crippen LogP contribution in [0, 0.1) is 11.6 Å². The summed E-state index contributed by atoms with van der Waals surface area (Å²) in [7, 11) is 0. The molecular weight excluding hydrogens is 284 g/mol. The molecule has 0 aliphatic carbocycles. The van der Waals surface area contributed by atoms with Crippen molar-refractivity contribution in [1.82, 2.24) is 14.8 Å². The molecule has 0 saturated carbocycles. The van der Waals surface area contributed by atoms with E-state index in [0.717, 1.165) is 12.1 Å². The average molecular weight is 290 g/mol. The third-order valence-electron chi connectivity index (χ3n) is 1.98. The molecule has 84 valence electrons. The molecule has 0 radical (unpaired) electrons. The van der Waals surface area contributed by atoms with Gasteiger partial charge in [-0.1, -0.05) is 0 Å². The molecule has 1 aromatic heterocycles. The first kappa shape index (κ1) is 11.2. The third kappa shape index (κ3) is 1.83. The molecule has 0 bridgehead atoms. The minimum atomic E-state index is -0.763. The summed E-state index contributed by atoms with van der Waals surface area (Å²) >= 11 is 3.04. The molecule has 0 fully saturated rings. The molecule has 16 heavy (non-hydrogen) atoms. The van der Waals surface area contributed by atoms with Crippen molar-refractivity contribution in [3.63, 3.8) is 0 Å². The Morgan fingerprint density at radius 2 is 2.12 bits per heavy atom. The highest BCUT2D eigenvalue weighted by Gasteiger charge is 2.14. The number of nitrogens with zero attached hydrogens (tertiary/aromatic N) is 3. The predicted octanol–water partition coefficient (Wildman–Crippen LogP) is 1.80. The Labute approximate surface area is 97.7 Å². The van der Waals surface area contributed by atoms with E-state index in [0.29, 0.717) is 0 Å². The lowest BCUT2D eigenvalue weighted by Gasteiger charge is -2.08.